The van der Waals surface area contributed by atoms with Crippen molar-refractivity contribution in [2.75, 3.05) is 0 Å². The third-order valence-electron chi connectivity index (χ3n) is 0.172. The summed E-state index contributed by atoms with van der Waals surface area (Å²) in [6.07, 6.45) is -0.935. The van der Waals surface area contributed by atoms with E-state index in [1.54, 1.807) is 0 Å². The van der Waals surface area contributed by atoms with Gasteiger partial charge in [-0.1, -0.05) is 0 Å². The van der Waals surface area contributed by atoms with Crippen molar-refractivity contribution in [2.45, 2.75) is 6.10 Å². The molecule has 0 aromatic heterocycles. The minimum absolute atomic E-state index is 0.611. The number of hydrogen-bond donors (Lipinski definition) is 2. The summed E-state index contributed by atoms with van der Waals surface area (Å²) >= 11 is 0. The number of aliphatic hydroxyl groups excluding tert-OH is 2. The molecule has 2 N–H and O–H groups in total. The Morgan fingerprint density at radius 3 is 2.00 bits per heavy atom. The quantitative estimate of drug-likeness (QED) is 0.449. The second-order valence-electron chi connectivity index (χ2n) is 0.716. The third-order valence-corrected chi connectivity index (χ3v) is 0.172. The van der Waals surface area contributed by atoms with Crippen LogP contribution in [0.4, 0.5) is 0 Å². The van der Waals surface area contributed by atoms with E-state index in [0.29, 0.717) is 6.61 Å². The van der Waals surface area contributed by atoms with E-state index in [2.05, 4.69) is 6.92 Å². The van der Waals surface area contributed by atoms with E-state index in [4.69, 9.17) is 10.2 Å². The SMILES string of the molecule is [CH2]C(O)[CH]O. The van der Waals surface area contributed by atoms with Crippen LogP contribution in [0.25, 0.3) is 0 Å². The summed E-state index contributed by atoms with van der Waals surface area (Å²) in [6, 6.07) is 0. The minimum atomic E-state index is -0.935. The average molecular weight is 74.1 g/mol. The summed E-state index contributed by atoms with van der Waals surface area (Å²) < 4.78 is 0. The van der Waals surface area contributed by atoms with Gasteiger partial charge >= 0.3 is 0 Å². The van der Waals surface area contributed by atoms with Crippen molar-refractivity contribution in [2.24, 2.45) is 0 Å². The van der Waals surface area contributed by atoms with Gasteiger partial charge in [0.1, 0.15) is 6.61 Å². The van der Waals surface area contributed by atoms with Crippen LogP contribution in [0.3, 0.4) is 0 Å². The summed E-state index contributed by atoms with van der Waals surface area (Å²) in [4.78, 5) is 0. The van der Waals surface area contributed by atoms with Gasteiger partial charge in [0.15, 0.2) is 0 Å². The van der Waals surface area contributed by atoms with Gasteiger partial charge in [-0.2, -0.15) is 0 Å². The highest BCUT2D eigenvalue weighted by molar-refractivity contribution is 4.62. The molecule has 0 aromatic carbocycles. The molecule has 0 bridgehead atoms. The smallest absolute Gasteiger partial charge is 0.108 e. The molecular weight excluding hydrogens is 68.0 g/mol. The molecule has 2 heteroatoms. The molecular formula is C3H6O2. The van der Waals surface area contributed by atoms with Gasteiger partial charge in [0.05, 0.1) is 6.10 Å². The Hall–Kier alpha value is -0.0800. The molecule has 1 unspecified atom stereocenters. The van der Waals surface area contributed by atoms with E-state index in [1.807, 2.05) is 0 Å². The predicted octanol–water partition coefficient (Wildman–Crippen LogP) is -0.284. The maximum absolute atomic E-state index is 7.94. The first kappa shape index (κ1) is 4.92. The van der Waals surface area contributed by atoms with Crippen LogP contribution in [0.1, 0.15) is 0 Å². The van der Waals surface area contributed by atoms with Crippen molar-refractivity contribution in [1.29, 1.82) is 0 Å². The Morgan fingerprint density at radius 2 is 2.00 bits per heavy atom. The average Bonchev–Trinajstić information content (AvgIpc) is 1.38. The summed E-state index contributed by atoms with van der Waals surface area (Å²) in [6.45, 7) is 3.62. The van der Waals surface area contributed by atoms with Crippen molar-refractivity contribution in [3.05, 3.63) is 13.5 Å². The van der Waals surface area contributed by atoms with Crippen LogP contribution in [0.5, 0.6) is 0 Å². The first-order valence-electron chi connectivity index (χ1n) is 1.26. The van der Waals surface area contributed by atoms with Crippen LogP contribution in [0.15, 0.2) is 0 Å². The molecule has 0 amide bonds. The highest BCUT2D eigenvalue weighted by atomic mass is 16.3. The molecule has 0 fully saturated rings. The van der Waals surface area contributed by atoms with E-state index in [9.17, 15) is 0 Å². The number of aliphatic hydroxyl groups is 2. The van der Waals surface area contributed by atoms with E-state index in [1.165, 1.54) is 0 Å². The van der Waals surface area contributed by atoms with Gasteiger partial charge in [0.2, 0.25) is 0 Å². The lowest BCUT2D eigenvalue weighted by Gasteiger charge is -1.88. The molecule has 0 heterocycles. The molecule has 2 nitrogen and oxygen atoms in total. The fraction of sp³-hybridized carbons (Fsp3) is 0.333. The molecule has 0 aromatic rings. The van der Waals surface area contributed by atoms with Crippen LogP contribution in [0, 0.1) is 13.5 Å². The molecule has 0 saturated heterocycles. The van der Waals surface area contributed by atoms with Crippen molar-refractivity contribution < 1.29 is 10.2 Å². The molecule has 0 saturated carbocycles. The standard InChI is InChI=1S/C3H6O2/c1-3(5)2-4/h2-5H,1H2. The van der Waals surface area contributed by atoms with Crippen LogP contribution < -0.4 is 0 Å². The van der Waals surface area contributed by atoms with Crippen molar-refractivity contribution in [1.82, 2.24) is 0 Å². The third kappa shape index (κ3) is 3.92. The van der Waals surface area contributed by atoms with E-state index >= 15 is 0 Å². The van der Waals surface area contributed by atoms with E-state index in [-0.39, 0.29) is 0 Å². The topological polar surface area (TPSA) is 40.5 Å². The fourth-order valence-electron chi connectivity index (χ4n) is 0. The molecule has 0 aliphatic carbocycles. The molecule has 2 radical (unpaired) electrons. The number of rotatable bonds is 1. The maximum Gasteiger partial charge on any atom is 0.108 e. The van der Waals surface area contributed by atoms with E-state index in [0.717, 1.165) is 0 Å². The van der Waals surface area contributed by atoms with Crippen molar-refractivity contribution in [3.63, 3.8) is 0 Å². The van der Waals surface area contributed by atoms with Crippen molar-refractivity contribution >= 4 is 0 Å². The minimum Gasteiger partial charge on any atom is -0.390 e. The lowest BCUT2D eigenvalue weighted by Crippen LogP contribution is -1.97. The summed E-state index contributed by atoms with van der Waals surface area (Å²) in [5.41, 5.74) is 0. The zero-order valence-electron chi connectivity index (χ0n) is 2.76. The predicted molar refractivity (Wildman–Crippen MR) is 17.6 cm³/mol. The highest BCUT2D eigenvalue weighted by Gasteiger charge is 1.84. The van der Waals surface area contributed by atoms with Crippen molar-refractivity contribution in [3.8, 4) is 0 Å². The Balaban J connectivity index is 2.54. The molecule has 0 aliphatic heterocycles. The van der Waals surface area contributed by atoms with Gasteiger partial charge in [-0.05, 0) is 6.92 Å². The second kappa shape index (κ2) is 2.18. The largest absolute Gasteiger partial charge is 0.390 e. The normalized spacial score (nSPS) is 15.0. The maximum atomic E-state index is 7.94. The van der Waals surface area contributed by atoms with Crippen LogP contribution >= 0.6 is 0 Å². The van der Waals surface area contributed by atoms with Crippen LogP contribution in [0.2, 0.25) is 0 Å². The molecule has 0 aliphatic rings. The Kier molecular flexibility index (Phi) is 2.14. The summed E-state index contributed by atoms with van der Waals surface area (Å²) in [5, 5.41) is 15.7. The zero-order valence-corrected chi connectivity index (χ0v) is 2.76. The van der Waals surface area contributed by atoms with Gasteiger partial charge in [0.25, 0.3) is 0 Å². The van der Waals surface area contributed by atoms with Crippen LogP contribution in [-0.2, 0) is 0 Å². The van der Waals surface area contributed by atoms with E-state index < -0.39 is 6.10 Å². The number of hydrogen-bond acceptors (Lipinski definition) is 2. The lowest BCUT2D eigenvalue weighted by atomic mass is 10.5. The molecule has 1 atom stereocenters. The van der Waals surface area contributed by atoms with Gasteiger partial charge < -0.3 is 10.2 Å². The summed E-state index contributed by atoms with van der Waals surface area (Å²) in [5.74, 6) is 0. The lowest BCUT2D eigenvalue weighted by molar-refractivity contribution is 0.182. The summed E-state index contributed by atoms with van der Waals surface area (Å²) in [7, 11) is 0. The Labute approximate surface area is 31.1 Å². The first-order valence-corrected chi connectivity index (χ1v) is 1.26. The van der Waals surface area contributed by atoms with Gasteiger partial charge in [-0.25, -0.2) is 0 Å². The monoisotopic (exact) mass is 74.0 g/mol. The van der Waals surface area contributed by atoms with Crippen LogP contribution in [-0.4, -0.2) is 16.3 Å². The first-order chi connectivity index (χ1) is 2.27. The van der Waals surface area contributed by atoms with Gasteiger partial charge in [0, 0.05) is 0 Å². The Bertz CT molecular complexity index is 18.9. The van der Waals surface area contributed by atoms with Gasteiger partial charge in [-0.3, -0.25) is 0 Å². The highest BCUT2D eigenvalue weighted by Crippen LogP contribution is 1.74. The molecule has 5 heavy (non-hydrogen) atoms. The molecule has 30 valence electrons. The molecule has 0 rings (SSSR count). The molecule has 0 spiro atoms. The Morgan fingerprint density at radius 1 is 1.80 bits per heavy atom. The van der Waals surface area contributed by atoms with Gasteiger partial charge in [-0.15, -0.1) is 0 Å². The fourth-order valence-corrected chi connectivity index (χ4v) is 0. The zero-order chi connectivity index (χ0) is 4.28. The second-order valence-corrected chi connectivity index (χ2v) is 0.716.